The lowest BCUT2D eigenvalue weighted by molar-refractivity contribution is 0.0844. The lowest BCUT2D eigenvalue weighted by Gasteiger charge is -2.36. The number of piperazine rings is 1. The summed E-state index contributed by atoms with van der Waals surface area (Å²) in [4.78, 5) is 18.9. The molecule has 0 aromatic carbocycles. The highest BCUT2D eigenvalue weighted by Crippen LogP contribution is 2.40. The van der Waals surface area contributed by atoms with E-state index in [1.807, 2.05) is 12.1 Å². The van der Waals surface area contributed by atoms with Gasteiger partial charge in [-0.15, -0.1) is 0 Å². The largest absolute Gasteiger partial charge is 0.381 e. The molecule has 2 aliphatic heterocycles. The fraction of sp³-hybridized carbons (Fsp3) is 0.545. The monoisotopic (exact) mass is 390 g/mol. The van der Waals surface area contributed by atoms with Crippen molar-refractivity contribution in [2.75, 3.05) is 49.2 Å². The van der Waals surface area contributed by atoms with E-state index in [9.17, 15) is 5.26 Å². The van der Waals surface area contributed by atoms with Gasteiger partial charge in [0.25, 0.3) is 0 Å². The maximum absolute atomic E-state index is 9.37. The van der Waals surface area contributed by atoms with Gasteiger partial charge in [0.1, 0.15) is 23.5 Å². The van der Waals surface area contributed by atoms with Gasteiger partial charge in [-0.25, -0.2) is 15.0 Å². The number of nitriles is 1. The molecule has 0 N–H and O–H groups in total. The van der Waals surface area contributed by atoms with Crippen molar-refractivity contribution in [2.24, 2.45) is 0 Å². The highest BCUT2D eigenvalue weighted by molar-refractivity contribution is 5.55. The van der Waals surface area contributed by atoms with Gasteiger partial charge in [0.2, 0.25) is 0 Å². The Hall–Kier alpha value is -2.72. The molecular formula is C22H26N6O. The Kier molecular flexibility index (Phi) is 5.03. The summed E-state index contributed by atoms with van der Waals surface area (Å²) in [6.45, 7) is 5.06. The van der Waals surface area contributed by atoms with Gasteiger partial charge in [-0.2, -0.15) is 5.26 Å². The van der Waals surface area contributed by atoms with Gasteiger partial charge in [-0.05, 0) is 37.8 Å². The highest BCUT2D eigenvalue weighted by Gasteiger charge is 2.30. The van der Waals surface area contributed by atoms with Crippen LogP contribution in [-0.4, -0.2) is 54.3 Å². The maximum Gasteiger partial charge on any atom is 0.146 e. The van der Waals surface area contributed by atoms with Gasteiger partial charge in [-0.1, -0.05) is 0 Å². The van der Waals surface area contributed by atoms with E-state index < -0.39 is 0 Å². The Morgan fingerprint density at radius 1 is 0.966 bits per heavy atom. The summed E-state index contributed by atoms with van der Waals surface area (Å²) >= 11 is 0. The highest BCUT2D eigenvalue weighted by atomic mass is 16.5. The normalized spacial score (nSPS) is 20.5. The van der Waals surface area contributed by atoms with Gasteiger partial charge in [-0.3, -0.25) is 0 Å². The molecule has 0 atom stereocenters. The summed E-state index contributed by atoms with van der Waals surface area (Å²) < 4.78 is 5.54. The molecule has 7 nitrogen and oxygen atoms in total. The summed E-state index contributed by atoms with van der Waals surface area (Å²) in [6.07, 6.45) is 6.27. The van der Waals surface area contributed by atoms with Crippen LogP contribution >= 0.6 is 0 Å². The molecule has 0 unspecified atom stereocenters. The Labute approximate surface area is 171 Å². The molecule has 150 valence electrons. The number of rotatable bonds is 4. The molecule has 4 heterocycles. The quantitative estimate of drug-likeness (QED) is 0.794. The molecule has 2 aromatic heterocycles. The van der Waals surface area contributed by atoms with Crippen LogP contribution in [0.3, 0.4) is 0 Å². The molecule has 7 heteroatoms. The minimum Gasteiger partial charge on any atom is -0.381 e. The van der Waals surface area contributed by atoms with Crippen molar-refractivity contribution in [1.29, 1.82) is 5.26 Å². The van der Waals surface area contributed by atoms with E-state index in [0.717, 1.165) is 69.7 Å². The first-order chi connectivity index (χ1) is 14.3. The van der Waals surface area contributed by atoms with E-state index in [0.29, 0.717) is 17.4 Å². The molecule has 1 saturated carbocycles. The van der Waals surface area contributed by atoms with Gasteiger partial charge in [0, 0.05) is 69.2 Å². The van der Waals surface area contributed by atoms with E-state index in [2.05, 4.69) is 26.9 Å². The molecule has 0 amide bonds. The topological polar surface area (TPSA) is 78.2 Å². The molecule has 2 aromatic rings. The molecule has 2 saturated heterocycles. The number of hydrogen-bond acceptors (Lipinski definition) is 7. The van der Waals surface area contributed by atoms with Crippen LogP contribution in [0.4, 0.5) is 11.6 Å². The van der Waals surface area contributed by atoms with Gasteiger partial charge < -0.3 is 14.5 Å². The van der Waals surface area contributed by atoms with Crippen LogP contribution in [0.5, 0.6) is 0 Å². The molecule has 3 fully saturated rings. The average Bonchev–Trinajstić information content (AvgIpc) is 3.65. The first-order valence-corrected chi connectivity index (χ1v) is 10.6. The van der Waals surface area contributed by atoms with Crippen LogP contribution in [0.1, 0.15) is 54.6 Å². The van der Waals surface area contributed by atoms with Crippen molar-refractivity contribution in [3.05, 3.63) is 41.5 Å². The number of pyridine rings is 1. The van der Waals surface area contributed by atoms with E-state index in [-0.39, 0.29) is 0 Å². The molecule has 3 aliphatic rings. The van der Waals surface area contributed by atoms with Crippen molar-refractivity contribution in [3.8, 4) is 6.07 Å². The van der Waals surface area contributed by atoms with E-state index in [1.165, 1.54) is 18.5 Å². The second-order valence-electron chi connectivity index (χ2n) is 8.13. The van der Waals surface area contributed by atoms with Crippen LogP contribution in [0.2, 0.25) is 0 Å². The minimum absolute atomic E-state index is 0.482. The van der Waals surface area contributed by atoms with E-state index in [1.54, 1.807) is 6.20 Å². The minimum atomic E-state index is 0.482. The molecule has 0 spiro atoms. The summed E-state index contributed by atoms with van der Waals surface area (Å²) in [5.74, 6) is 3.91. The molecular weight excluding hydrogens is 364 g/mol. The Balaban J connectivity index is 1.35. The summed E-state index contributed by atoms with van der Waals surface area (Å²) in [6, 6.07) is 8.12. The van der Waals surface area contributed by atoms with E-state index in [4.69, 9.17) is 14.7 Å². The second kappa shape index (κ2) is 7.96. The zero-order valence-electron chi connectivity index (χ0n) is 16.6. The van der Waals surface area contributed by atoms with Crippen LogP contribution < -0.4 is 9.80 Å². The van der Waals surface area contributed by atoms with Crippen LogP contribution in [0, 0.1) is 11.3 Å². The lowest BCUT2D eigenvalue weighted by Crippen LogP contribution is -2.47. The number of anilines is 2. The Bertz CT molecular complexity index is 908. The van der Waals surface area contributed by atoms with Crippen molar-refractivity contribution in [2.45, 2.75) is 37.5 Å². The summed E-state index contributed by atoms with van der Waals surface area (Å²) in [5, 5.41) is 9.37. The van der Waals surface area contributed by atoms with Crippen LogP contribution in [0.15, 0.2) is 24.4 Å². The van der Waals surface area contributed by atoms with Crippen molar-refractivity contribution in [3.63, 3.8) is 0 Å². The number of nitrogens with zero attached hydrogens (tertiary/aromatic N) is 6. The summed E-state index contributed by atoms with van der Waals surface area (Å²) in [7, 11) is 0. The predicted molar refractivity (Wildman–Crippen MR) is 110 cm³/mol. The van der Waals surface area contributed by atoms with Gasteiger partial charge >= 0.3 is 0 Å². The zero-order chi connectivity index (χ0) is 19.6. The number of aromatic nitrogens is 3. The second-order valence-corrected chi connectivity index (χ2v) is 8.13. The number of hydrogen-bond donors (Lipinski definition) is 0. The standard InChI is InChI=1S/C22H26N6O/c23-15-18-2-1-7-24-22(18)28-10-8-27(9-11-28)20-14-19(16-5-12-29-13-6-16)25-21(26-20)17-3-4-17/h1-2,7,14,16-17H,3-6,8-13H2. The molecule has 29 heavy (non-hydrogen) atoms. The third-order valence-electron chi connectivity index (χ3n) is 6.14. The van der Waals surface area contributed by atoms with Crippen LogP contribution in [-0.2, 0) is 4.74 Å². The fourth-order valence-corrected chi connectivity index (χ4v) is 4.24. The summed E-state index contributed by atoms with van der Waals surface area (Å²) in [5.41, 5.74) is 1.83. The average molecular weight is 390 g/mol. The maximum atomic E-state index is 9.37. The zero-order valence-corrected chi connectivity index (χ0v) is 16.6. The molecule has 1 aliphatic carbocycles. The predicted octanol–water partition coefficient (Wildman–Crippen LogP) is 2.84. The smallest absolute Gasteiger partial charge is 0.146 e. The third kappa shape index (κ3) is 3.90. The Morgan fingerprint density at radius 3 is 2.45 bits per heavy atom. The third-order valence-corrected chi connectivity index (χ3v) is 6.14. The van der Waals surface area contributed by atoms with Gasteiger partial charge in [0.15, 0.2) is 0 Å². The first kappa shape index (κ1) is 18.3. The molecule has 0 bridgehead atoms. The Morgan fingerprint density at radius 2 is 1.72 bits per heavy atom. The van der Waals surface area contributed by atoms with E-state index >= 15 is 0 Å². The SMILES string of the molecule is N#Cc1cccnc1N1CCN(c2cc(C3CCOCC3)nc(C3CC3)n2)CC1. The van der Waals surface area contributed by atoms with Crippen LogP contribution in [0.25, 0.3) is 0 Å². The van der Waals surface area contributed by atoms with Crippen molar-refractivity contribution >= 4 is 11.6 Å². The lowest BCUT2D eigenvalue weighted by atomic mass is 9.96. The molecule has 5 rings (SSSR count). The van der Waals surface area contributed by atoms with Gasteiger partial charge in [0.05, 0.1) is 5.56 Å². The first-order valence-electron chi connectivity index (χ1n) is 10.6. The molecule has 0 radical (unpaired) electrons. The fourth-order valence-electron chi connectivity index (χ4n) is 4.24. The van der Waals surface area contributed by atoms with Crippen molar-refractivity contribution < 1.29 is 4.74 Å². The van der Waals surface area contributed by atoms with Crippen molar-refractivity contribution in [1.82, 2.24) is 15.0 Å². The number of ether oxygens (including phenoxy) is 1.